The lowest BCUT2D eigenvalue weighted by Gasteiger charge is -2.10. The van der Waals surface area contributed by atoms with Crippen molar-refractivity contribution in [3.8, 4) is 0 Å². The van der Waals surface area contributed by atoms with Crippen LogP contribution in [-0.2, 0) is 10.0 Å². The summed E-state index contributed by atoms with van der Waals surface area (Å²) >= 11 is 0. The van der Waals surface area contributed by atoms with Crippen molar-refractivity contribution in [1.82, 2.24) is 9.62 Å². The van der Waals surface area contributed by atoms with Crippen LogP contribution >= 0.6 is 0 Å². The maximum absolute atomic E-state index is 12.3. The van der Waals surface area contributed by atoms with Crippen LogP contribution in [0.5, 0.6) is 0 Å². The summed E-state index contributed by atoms with van der Waals surface area (Å²) < 4.78 is 31.1. The summed E-state index contributed by atoms with van der Waals surface area (Å²) in [5, 5.41) is 13.4. The minimum Gasteiger partial charge on any atom is -0.451 e. The first-order valence-corrected chi connectivity index (χ1v) is 10.2. The number of amides is 1. The van der Waals surface area contributed by atoms with Gasteiger partial charge in [-0.25, -0.2) is 12.7 Å². The number of nitrogens with one attached hydrogen (secondary N) is 1. The lowest BCUT2D eigenvalue weighted by atomic mass is 10.1. The molecule has 0 saturated heterocycles. The van der Waals surface area contributed by atoms with Gasteiger partial charge in [-0.3, -0.25) is 4.79 Å². The molecule has 0 aliphatic heterocycles. The van der Waals surface area contributed by atoms with E-state index in [1.807, 2.05) is 30.3 Å². The van der Waals surface area contributed by atoms with Crippen LogP contribution in [-0.4, -0.2) is 44.4 Å². The van der Waals surface area contributed by atoms with E-state index in [1.54, 1.807) is 0 Å². The summed E-state index contributed by atoms with van der Waals surface area (Å²) in [4.78, 5) is 12.4. The van der Waals surface area contributed by atoms with Gasteiger partial charge in [0, 0.05) is 26.0 Å². The van der Waals surface area contributed by atoms with Crippen molar-refractivity contribution in [2.45, 2.75) is 17.4 Å². The summed E-state index contributed by atoms with van der Waals surface area (Å²) in [6.07, 6.45) is -0.308. The van der Waals surface area contributed by atoms with Crippen LogP contribution < -0.4 is 5.32 Å². The molecular formula is C20H22N2O5S. The summed E-state index contributed by atoms with van der Waals surface area (Å²) in [5.41, 5.74) is 1.21. The molecular weight excluding hydrogens is 380 g/mol. The second kappa shape index (κ2) is 8.14. The van der Waals surface area contributed by atoms with E-state index in [2.05, 4.69) is 5.32 Å². The zero-order valence-corrected chi connectivity index (χ0v) is 16.4. The molecule has 0 aliphatic rings. The number of aliphatic hydroxyl groups is 1. The molecule has 3 rings (SSSR count). The highest BCUT2D eigenvalue weighted by Gasteiger charge is 2.19. The van der Waals surface area contributed by atoms with Crippen LogP contribution in [0.15, 0.2) is 63.9 Å². The number of hydrogen-bond donors (Lipinski definition) is 2. The summed E-state index contributed by atoms with van der Waals surface area (Å²) in [6.45, 7) is 0.270. The number of benzene rings is 2. The van der Waals surface area contributed by atoms with E-state index in [4.69, 9.17) is 4.42 Å². The molecule has 1 amide bonds. The highest BCUT2D eigenvalue weighted by Crippen LogP contribution is 2.24. The molecule has 1 heterocycles. The van der Waals surface area contributed by atoms with E-state index >= 15 is 0 Å². The minimum atomic E-state index is -3.57. The van der Waals surface area contributed by atoms with Crippen LogP contribution in [0.1, 0.15) is 28.6 Å². The van der Waals surface area contributed by atoms with Gasteiger partial charge in [0.15, 0.2) is 5.76 Å². The van der Waals surface area contributed by atoms with Gasteiger partial charge in [-0.05, 0) is 36.2 Å². The van der Waals surface area contributed by atoms with E-state index < -0.39 is 22.0 Å². The molecule has 28 heavy (non-hydrogen) atoms. The fourth-order valence-electron chi connectivity index (χ4n) is 2.76. The van der Waals surface area contributed by atoms with Gasteiger partial charge >= 0.3 is 0 Å². The first-order valence-electron chi connectivity index (χ1n) is 8.76. The monoisotopic (exact) mass is 402 g/mol. The molecule has 1 atom stereocenters. The summed E-state index contributed by atoms with van der Waals surface area (Å²) in [6, 6.07) is 15.2. The molecule has 0 radical (unpaired) electrons. The van der Waals surface area contributed by atoms with E-state index in [-0.39, 0.29) is 17.2 Å². The molecule has 8 heteroatoms. The van der Waals surface area contributed by atoms with Gasteiger partial charge in [-0.15, -0.1) is 0 Å². The van der Waals surface area contributed by atoms with Crippen molar-refractivity contribution >= 4 is 26.9 Å². The number of nitrogens with zero attached hydrogens (tertiary/aromatic N) is 1. The van der Waals surface area contributed by atoms with Gasteiger partial charge < -0.3 is 14.8 Å². The Bertz CT molecular complexity index is 1070. The maximum Gasteiger partial charge on any atom is 0.287 e. The second-order valence-electron chi connectivity index (χ2n) is 6.57. The number of carbonyl (C=O) groups is 1. The lowest BCUT2D eigenvalue weighted by Crippen LogP contribution is -2.25. The third-order valence-electron chi connectivity index (χ3n) is 4.38. The Labute approximate surface area is 163 Å². The zero-order valence-electron chi connectivity index (χ0n) is 15.6. The number of rotatable bonds is 7. The Balaban J connectivity index is 1.67. The van der Waals surface area contributed by atoms with Crippen LogP contribution in [0.4, 0.5) is 0 Å². The topological polar surface area (TPSA) is 99.9 Å². The van der Waals surface area contributed by atoms with Gasteiger partial charge in [-0.1, -0.05) is 30.3 Å². The first-order chi connectivity index (χ1) is 13.3. The van der Waals surface area contributed by atoms with Gasteiger partial charge in [-0.2, -0.15) is 0 Å². The molecule has 2 aromatic carbocycles. The lowest BCUT2D eigenvalue weighted by molar-refractivity contribution is 0.0917. The molecule has 1 aromatic heterocycles. The molecule has 1 unspecified atom stereocenters. The zero-order chi connectivity index (χ0) is 20.3. The molecule has 0 bridgehead atoms. The van der Waals surface area contributed by atoms with Crippen molar-refractivity contribution in [3.05, 3.63) is 65.9 Å². The SMILES string of the molecule is CN(C)S(=O)(=O)c1ccc2oc(C(=O)NCCC(O)c3ccccc3)cc2c1. The van der Waals surface area contributed by atoms with Crippen molar-refractivity contribution in [1.29, 1.82) is 0 Å². The van der Waals surface area contributed by atoms with E-state index in [0.29, 0.717) is 17.4 Å². The third kappa shape index (κ3) is 4.24. The molecule has 0 spiro atoms. The van der Waals surface area contributed by atoms with Gasteiger partial charge in [0.05, 0.1) is 11.0 Å². The highest BCUT2D eigenvalue weighted by atomic mass is 32.2. The average Bonchev–Trinajstić information content (AvgIpc) is 3.11. The molecule has 2 N–H and O–H groups in total. The molecule has 148 valence electrons. The smallest absolute Gasteiger partial charge is 0.287 e. The fraction of sp³-hybridized carbons (Fsp3) is 0.250. The normalized spacial score (nSPS) is 13.0. The van der Waals surface area contributed by atoms with Crippen molar-refractivity contribution in [2.75, 3.05) is 20.6 Å². The fourth-order valence-corrected chi connectivity index (χ4v) is 3.69. The van der Waals surface area contributed by atoms with E-state index in [0.717, 1.165) is 9.87 Å². The second-order valence-corrected chi connectivity index (χ2v) is 8.72. The maximum atomic E-state index is 12.3. The first kappa shape index (κ1) is 20.1. The summed E-state index contributed by atoms with van der Waals surface area (Å²) in [5.74, 6) is -0.336. The number of furan rings is 1. The quantitative estimate of drug-likeness (QED) is 0.633. The standard InChI is InChI=1S/C20H22N2O5S/c1-22(2)28(25,26)16-8-9-18-15(12-16)13-19(27-18)20(24)21-11-10-17(23)14-6-4-3-5-7-14/h3-9,12-13,17,23H,10-11H2,1-2H3,(H,21,24). The Kier molecular flexibility index (Phi) is 5.83. The van der Waals surface area contributed by atoms with E-state index in [9.17, 15) is 18.3 Å². The Morgan fingerprint density at radius 1 is 1.14 bits per heavy atom. The van der Waals surface area contributed by atoms with Gasteiger partial charge in [0.25, 0.3) is 5.91 Å². The average molecular weight is 402 g/mol. The Hall–Kier alpha value is -2.68. The van der Waals surface area contributed by atoms with Crippen molar-refractivity contribution in [3.63, 3.8) is 0 Å². The van der Waals surface area contributed by atoms with Crippen LogP contribution in [0.25, 0.3) is 11.0 Å². The number of hydrogen-bond acceptors (Lipinski definition) is 5. The van der Waals surface area contributed by atoms with Crippen LogP contribution in [0, 0.1) is 0 Å². The van der Waals surface area contributed by atoms with Crippen LogP contribution in [0.2, 0.25) is 0 Å². The molecule has 3 aromatic rings. The number of carbonyl (C=O) groups excluding carboxylic acids is 1. The predicted molar refractivity (Wildman–Crippen MR) is 105 cm³/mol. The van der Waals surface area contributed by atoms with Crippen LogP contribution in [0.3, 0.4) is 0 Å². The highest BCUT2D eigenvalue weighted by molar-refractivity contribution is 7.89. The van der Waals surface area contributed by atoms with Crippen molar-refractivity contribution in [2.24, 2.45) is 0 Å². The largest absolute Gasteiger partial charge is 0.451 e. The number of fused-ring (bicyclic) bond motifs is 1. The molecule has 7 nitrogen and oxygen atoms in total. The Morgan fingerprint density at radius 2 is 1.86 bits per heavy atom. The predicted octanol–water partition coefficient (Wildman–Crippen LogP) is 2.54. The molecule has 0 aliphatic carbocycles. The third-order valence-corrected chi connectivity index (χ3v) is 6.19. The number of aliphatic hydroxyl groups excluding tert-OH is 1. The minimum absolute atomic E-state index is 0.0867. The Morgan fingerprint density at radius 3 is 2.54 bits per heavy atom. The summed E-state index contributed by atoms with van der Waals surface area (Å²) in [7, 11) is -0.654. The van der Waals surface area contributed by atoms with Gasteiger partial charge in [0.2, 0.25) is 10.0 Å². The molecule has 0 saturated carbocycles. The van der Waals surface area contributed by atoms with Gasteiger partial charge in [0.1, 0.15) is 5.58 Å². The van der Waals surface area contributed by atoms with E-state index in [1.165, 1.54) is 38.4 Å². The number of sulfonamides is 1. The molecule has 0 fully saturated rings. The van der Waals surface area contributed by atoms with Crippen molar-refractivity contribution < 1.29 is 22.7 Å².